The van der Waals surface area contributed by atoms with Gasteiger partial charge in [-0.05, 0) is 42.0 Å². The smallest absolute Gasteiger partial charge is 0.411 e. The Kier molecular flexibility index (Phi) is 6.06. The summed E-state index contributed by atoms with van der Waals surface area (Å²) in [7, 11) is 1.64. The molecule has 0 bridgehead atoms. The summed E-state index contributed by atoms with van der Waals surface area (Å²) in [6.07, 6.45) is 2.54. The van der Waals surface area contributed by atoms with Gasteiger partial charge < -0.3 is 19.2 Å². The molecule has 2 N–H and O–H groups in total. The van der Waals surface area contributed by atoms with Crippen LogP contribution in [0, 0.1) is 0 Å². The molecule has 3 aromatic rings. The minimum atomic E-state index is -0.545. The number of nitrogens with one attached hydrogen (secondary N) is 2. The molecule has 0 unspecified atom stereocenters. The number of ether oxygens (including phenoxy) is 3. The van der Waals surface area contributed by atoms with Crippen LogP contribution in [-0.4, -0.2) is 43.0 Å². The summed E-state index contributed by atoms with van der Waals surface area (Å²) in [6, 6.07) is 11.6. The molecule has 0 fully saturated rings. The van der Waals surface area contributed by atoms with Crippen LogP contribution in [0.15, 0.2) is 55.3 Å². The second-order valence-corrected chi connectivity index (χ2v) is 5.72. The number of H-pyrrole nitrogens is 1. The number of fused-ring (bicyclic) bond motifs is 1. The van der Waals surface area contributed by atoms with Crippen molar-refractivity contribution in [3.8, 4) is 17.0 Å². The molecular formula is C20H21N3O4. The van der Waals surface area contributed by atoms with Crippen LogP contribution < -0.4 is 10.1 Å². The van der Waals surface area contributed by atoms with E-state index in [1.54, 1.807) is 13.3 Å². The number of aromatic nitrogens is 2. The van der Waals surface area contributed by atoms with Crippen LogP contribution in [0.4, 0.5) is 10.5 Å². The Hall–Kier alpha value is -3.32. The van der Waals surface area contributed by atoms with Crippen LogP contribution in [0.5, 0.6) is 5.75 Å². The van der Waals surface area contributed by atoms with E-state index in [9.17, 15) is 4.79 Å². The minimum absolute atomic E-state index is 0.154. The molecule has 0 aliphatic carbocycles. The molecule has 2 aromatic heterocycles. The molecule has 0 aliphatic rings. The van der Waals surface area contributed by atoms with Crippen LogP contribution in [0.25, 0.3) is 22.3 Å². The van der Waals surface area contributed by atoms with Crippen LogP contribution in [0.2, 0.25) is 0 Å². The van der Waals surface area contributed by atoms with Crippen molar-refractivity contribution < 1.29 is 19.0 Å². The minimum Gasteiger partial charge on any atom is -0.491 e. The van der Waals surface area contributed by atoms with Crippen molar-refractivity contribution in [1.82, 2.24) is 9.97 Å². The number of hydrogen-bond acceptors (Lipinski definition) is 5. The van der Waals surface area contributed by atoms with Crippen LogP contribution in [0.1, 0.15) is 0 Å². The Morgan fingerprint density at radius 1 is 1.26 bits per heavy atom. The van der Waals surface area contributed by atoms with Crippen LogP contribution in [-0.2, 0) is 9.47 Å². The zero-order valence-corrected chi connectivity index (χ0v) is 15.0. The maximum atomic E-state index is 11.6. The van der Waals surface area contributed by atoms with Gasteiger partial charge in [0.1, 0.15) is 24.6 Å². The summed E-state index contributed by atoms with van der Waals surface area (Å²) in [4.78, 5) is 19.2. The van der Waals surface area contributed by atoms with Gasteiger partial charge in [0.25, 0.3) is 0 Å². The van der Waals surface area contributed by atoms with E-state index in [1.807, 2.05) is 36.4 Å². The lowest BCUT2D eigenvalue weighted by Gasteiger charge is -2.05. The van der Waals surface area contributed by atoms with Gasteiger partial charge in [0, 0.05) is 18.2 Å². The van der Waals surface area contributed by atoms with Gasteiger partial charge in [0.05, 0.1) is 18.5 Å². The average molecular weight is 367 g/mol. The number of amides is 1. The summed E-state index contributed by atoms with van der Waals surface area (Å²) in [5.74, 6) is 0.787. The number of carbonyl (C=O) groups is 1. The van der Waals surface area contributed by atoms with Crippen molar-refractivity contribution in [3.63, 3.8) is 0 Å². The largest absolute Gasteiger partial charge is 0.491 e. The Morgan fingerprint density at radius 3 is 2.81 bits per heavy atom. The number of rotatable bonds is 8. The Morgan fingerprint density at radius 2 is 2.07 bits per heavy atom. The Labute approximate surface area is 157 Å². The molecule has 3 rings (SSSR count). The molecule has 1 aromatic carbocycles. The van der Waals surface area contributed by atoms with E-state index in [0.717, 1.165) is 28.0 Å². The molecule has 0 saturated heterocycles. The summed E-state index contributed by atoms with van der Waals surface area (Å²) in [5, 5.41) is 3.52. The molecule has 140 valence electrons. The molecule has 7 nitrogen and oxygen atoms in total. The molecule has 0 radical (unpaired) electrons. The first-order valence-corrected chi connectivity index (χ1v) is 8.45. The van der Waals surface area contributed by atoms with Gasteiger partial charge in [0.15, 0.2) is 0 Å². The van der Waals surface area contributed by atoms with Gasteiger partial charge in [-0.2, -0.15) is 0 Å². The highest BCUT2D eigenvalue weighted by Gasteiger charge is 2.08. The first kappa shape index (κ1) is 18.5. The second-order valence-electron chi connectivity index (χ2n) is 5.72. The van der Waals surface area contributed by atoms with E-state index in [4.69, 9.17) is 14.2 Å². The van der Waals surface area contributed by atoms with E-state index < -0.39 is 6.09 Å². The third-order valence-electron chi connectivity index (χ3n) is 3.77. The molecule has 1 amide bonds. The predicted molar refractivity (Wildman–Crippen MR) is 104 cm³/mol. The predicted octanol–water partition coefficient (Wildman–Crippen LogP) is 3.99. The lowest BCUT2D eigenvalue weighted by atomic mass is 10.1. The summed E-state index contributed by atoms with van der Waals surface area (Å²) >= 11 is 0. The fourth-order valence-electron chi connectivity index (χ4n) is 2.50. The fraction of sp³-hybridized carbons (Fsp3) is 0.200. The zero-order chi connectivity index (χ0) is 19.1. The highest BCUT2D eigenvalue weighted by Crippen LogP contribution is 2.26. The Balaban J connectivity index is 1.72. The van der Waals surface area contributed by atoms with E-state index in [1.165, 1.54) is 6.08 Å². The quantitative estimate of drug-likeness (QED) is 0.464. The maximum absolute atomic E-state index is 11.6. The maximum Gasteiger partial charge on any atom is 0.411 e. The highest BCUT2D eigenvalue weighted by molar-refractivity contribution is 5.90. The highest BCUT2D eigenvalue weighted by atomic mass is 16.5. The van der Waals surface area contributed by atoms with E-state index in [2.05, 4.69) is 21.9 Å². The van der Waals surface area contributed by atoms with Gasteiger partial charge in [-0.3, -0.25) is 5.32 Å². The molecule has 27 heavy (non-hydrogen) atoms. The molecule has 0 atom stereocenters. The van der Waals surface area contributed by atoms with Crippen molar-refractivity contribution >= 4 is 22.8 Å². The summed E-state index contributed by atoms with van der Waals surface area (Å²) < 4.78 is 15.4. The number of methoxy groups -OCH3 is 1. The number of benzene rings is 1. The van der Waals surface area contributed by atoms with Gasteiger partial charge >= 0.3 is 6.09 Å². The first-order valence-electron chi connectivity index (χ1n) is 8.45. The lowest BCUT2D eigenvalue weighted by Crippen LogP contribution is -2.13. The van der Waals surface area contributed by atoms with E-state index in [0.29, 0.717) is 18.9 Å². The van der Waals surface area contributed by atoms with Crippen molar-refractivity contribution in [2.75, 3.05) is 32.2 Å². The number of pyridine rings is 1. The molecule has 7 heteroatoms. The fourth-order valence-corrected chi connectivity index (χ4v) is 2.50. The zero-order valence-electron chi connectivity index (χ0n) is 15.0. The van der Waals surface area contributed by atoms with Gasteiger partial charge in [-0.15, -0.1) is 0 Å². The van der Waals surface area contributed by atoms with Crippen LogP contribution >= 0.6 is 0 Å². The van der Waals surface area contributed by atoms with E-state index in [-0.39, 0.29) is 6.61 Å². The first-order chi connectivity index (χ1) is 13.2. The molecule has 0 aliphatic heterocycles. The van der Waals surface area contributed by atoms with Crippen LogP contribution in [0.3, 0.4) is 0 Å². The molecular weight excluding hydrogens is 346 g/mol. The van der Waals surface area contributed by atoms with Gasteiger partial charge in [-0.1, -0.05) is 12.7 Å². The second kappa shape index (κ2) is 8.86. The molecule has 0 saturated carbocycles. The third kappa shape index (κ3) is 4.86. The number of nitrogens with zero attached hydrogens (tertiary/aromatic N) is 1. The van der Waals surface area contributed by atoms with E-state index >= 15 is 0 Å². The summed E-state index contributed by atoms with van der Waals surface area (Å²) in [5.41, 5.74) is 3.22. The standard InChI is InChI=1S/C20H21N3O4/c1-3-8-27-20(24)22-16-11-15-12-18(23-19(15)21-13-16)14-4-6-17(7-5-14)26-10-9-25-2/h3-7,11-13H,1,8-10H2,2H3,(H,21,23)(H,22,24). The monoisotopic (exact) mass is 367 g/mol. The third-order valence-corrected chi connectivity index (χ3v) is 3.77. The van der Waals surface area contributed by atoms with Crippen molar-refractivity contribution in [2.24, 2.45) is 0 Å². The number of carbonyl (C=O) groups excluding carboxylic acids is 1. The Bertz CT molecular complexity index is 919. The van der Waals surface area contributed by atoms with Crippen molar-refractivity contribution in [3.05, 3.63) is 55.3 Å². The number of aromatic amines is 1. The van der Waals surface area contributed by atoms with Crippen molar-refractivity contribution in [2.45, 2.75) is 0 Å². The lowest BCUT2D eigenvalue weighted by molar-refractivity contribution is 0.146. The summed E-state index contributed by atoms with van der Waals surface area (Å²) in [6.45, 7) is 4.71. The van der Waals surface area contributed by atoms with Crippen molar-refractivity contribution in [1.29, 1.82) is 0 Å². The van der Waals surface area contributed by atoms with Gasteiger partial charge in [0.2, 0.25) is 0 Å². The average Bonchev–Trinajstić information content (AvgIpc) is 3.10. The molecule has 0 spiro atoms. The normalized spacial score (nSPS) is 10.6. The topological polar surface area (TPSA) is 85.5 Å². The SMILES string of the molecule is C=CCOC(=O)Nc1cnc2[nH]c(-c3ccc(OCCOC)cc3)cc2c1. The number of anilines is 1. The van der Waals surface area contributed by atoms with Gasteiger partial charge in [-0.25, -0.2) is 9.78 Å². The molecule has 2 heterocycles. The number of hydrogen-bond donors (Lipinski definition) is 2.